The van der Waals surface area contributed by atoms with Crippen LogP contribution in [0.2, 0.25) is 0 Å². The van der Waals surface area contributed by atoms with Crippen LogP contribution in [0, 0.1) is 31.1 Å². The van der Waals surface area contributed by atoms with Crippen molar-refractivity contribution in [1.29, 1.82) is 5.26 Å². The Labute approximate surface area is 107 Å². The zero-order valence-electron chi connectivity index (χ0n) is 10.8. The lowest BCUT2D eigenvalue weighted by molar-refractivity contribution is 0.208. The number of nitrogens with zero attached hydrogens (tertiary/aromatic N) is 4. The lowest BCUT2D eigenvalue weighted by atomic mass is 9.98. The fourth-order valence-electron chi connectivity index (χ4n) is 2.36. The van der Waals surface area contributed by atoms with Crippen molar-refractivity contribution in [3.63, 3.8) is 0 Å². The van der Waals surface area contributed by atoms with E-state index in [-0.39, 0.29) is 12.5 Å². The van der Waals surface area contributed by atoms with Crippen molar-refractivity contribution in [3.8, 4) is 6.07 Å². The Morgan fingerprint density at radius 2 is 2.22 bits per heavy atom. The molecule has 1 aliphatic rings. The molecule has 1 saturated heterocycles. The fourth-order valence-corrected chi connectivity index (χ4v) is 2.36. The Balaban J connectivity index is 2.33. The highest BCUT2D eigenvalue weighted by molar-refractivity contribution is 5.57. The minimum absolute atomic E-state index is 0.191. The molecule has 0 bridgehead atoms. The molecule has 18 heavy (non-hydrogen) atoms. The zero-order chi connectivity index (χ0) is 13.1. The summed E-state index contributed by atoms with van der Waals surface area (Å²) in [5.41, 5.74) is 2.31. The predicted molar refractivity (Wildman–Crippen MR) is 68.2 cm³/mol. The van der Waals surface area contributed by atoms with Gasteiger partial charge in [0.05, 0.1) is 5.69 Å². The Morgan fingerprint density at radius 3 is 2.89 bits per heavy atom. The quantitative estimate of drug-likeness (QED) is 0.848. The molecule has 1 N–H and O–H groups in total. The number of hydrogen-bond donors (Lipinski definition) is 1. The molecule has 0 aromatic carbocycles. The first kappa shape index (κ1) is 12.8. The second-order valence-corrected chi connectivity index (χ2v) is 4.86. The molecule has 1 aliphatic heterocycles. The summed E-state index contributed by atoms with van der Waals surface area (Å²) in [7, 11) is 0. The topological polar surface area (TPSA) is 73.0 Å². The minimum Gasteiger partial charge on any atom is -0.396 e. The number of aliphatic hydroxyl groups is 1. The summed E-state index contributed by atoms with van der Waals surface area (Å²) < 4.78 is 0. The highest BCUT2D eigenvalue weighted by Gasteiger charge is 2.23. The molecule has 0 radical (unpaired) electrons. The Bertz CT molecular complexity index is 481. The molecule has 96 valence electrons. The number of piperidine rings is 1. The highest BCUT2D eigenvalue weighted by Crippen LogP contribution is 2.26. The monoisotopic (exact) mass is 246 g/mol. The molecule has 1 aromatic heterocycles. The summed E-state index contributed by atoms with van der Waals surface area (Å²) >= 11 is 0. The second kappa shape index (κ2) is 5.32. The molecule has 0 unspecified atom stereocenters. The first-order chi connectivity index (χ1) is 8.67. The molecule has 5 nitrogen and oxygen atoms in total. The van der Waals surface area contributed by atoms with Gasteiger partial charge < -0.3 is 10.0 Å². The van der Waals surface area contributed by atoms with Crippen molar-refractivity contribution in [2.24, 2.45) is 5.92 Å². The van der Waals surface area contributed by atoms with E-state index in [0.717, 1.165) is 37.2 Å². The van der Waals surface area contributed by atoms with Crippen molar-refractivity contribution in [2.75, 3.05) is 24.6 Å². The van der Waals surface area contributed by atoms with Gasteiger partial charge in [0, 0.05) is 19.7 Å². The van der Waals surface area contributed by atoms with E-state index in [0.29, 0.717) is 11.4 Å². The Kier molecular flexibility index (Phi) is 3.78. The molecule has 5 heteroatoms. The number of rotatable bonds is 2. The van der Waals surface area contributed by atoms with E-state index in [1.54, 1.807) is 0 Å². The van der Waals surface area contributed by atoms with Crippen molar-refractivity contribution >= 4 is 5.82 Å². The van der Waals surface area contributed by atoms with Gasteiger partial charge in [-0.05, 0) is 38.2 Å². The van der Waals surface area contributed by atoms with Crippen LogP contribution in [0.3, 0.4) is 0 Å². The van der Waals surface area contributed by atoms with Gasteiger partial charge in [-0.25, -0.2) is 0 Å². The van der Waals surface area contributed by atoms with Crippen molar-refractivity contribution < 1.29 is 5.11 Å². The van der Waals surface area contributed by atoms with E-state index >= 15 is 0 Å². The molecule has 0 aliphatic carbocycles. The van der Waals surface area contributed by atoms with Crippen LogP contribution in [0.5, 0.6) is 0 Å². The molecule has 2 rings (SSSR count). The van der Waals surface area contributed by atoms with E-state index in [1.165, 1.54) is 0 Å². The molecule has 1 aromatic rings. The molecule has 0 amide bonds. The van der Waals surface area contributed by atoms with E-state index in [4.69, 9.17) is 0 Å². The Hall–Kier alpha value is -1.67. The third-order valence-electron chi connectivity index (χ3n) is 3.62. The molecule has 0 spiro atoms. The number of hydrogen-bond acceptors (Lipinski definition) is 5. The molecule has 0 saturated carbocycles. The summed E-state index contributed by atoms with van der Waals surface area (Å²) in [5, 5.41) is 26.8. The van der Waals surface area contributed by atoms with E-state index in [2.05, 4.69) is 21.2 Å². The average molecular weight is 246 g/mol. The third kappa shape index (κ3) is 2.29. The normalized spacial score (nSPS) is 19.7. The van der Waals surface area contributed by atoms with E-state index in [1.807, 2.05) is 13.8 Å². The molecule has 1 atom stereocenters. The van der Waals surface area contributed by atoms with Crippen LogP contribution >= 0.6 is 0 Å². The van der Waals surface area contributed by atoms with Crippen molar-refractivity contribution in [1.82, 2.24) is 10.2 Å². The third-order valence-corrected chi connectivity index (χ3v) is 3.62. The summed E-state index contributed by atoms with van der Waals surface area (Å²) in [6, 6.07) is 2.23. The van der Waals surface area contributed by atoms with Gasteiger partial charge in [-0.15, -0.1) is 5.10 Å². The number of anilines is 1. The summed E-state index contributed by atoms with van der Waals surface area (Å²) in [4.78, 5) is 2.07. The van der Waals surface area contributed by atoms with Gasteiger partial charge in [0.25, 0.3) is 0 Å². The van der Waals surface area contributed by atoms with Crippen molar-refractivity contribution in [3.05, 3.63) is 16.8 Å². The smallest absolute Gasteiger partial charge is 0.169 e. The first-order valence-corrected chi connectivity index (χ1v) is 6.27. The van der Waals surface area contributed by atoms with Crippen LogP contribution in [-0.2, 0) is 0 Å². The SMILES string of the molecule is Cc1nnc(N2CCC[C@@H](CO)C2)c(C#N)c1C. The van der Waals surface area contributed by atoms with Crippen LogP contribution in [-0.4, -0.2) is 35.0 Å². The lowest BCUT2D eigenvalue weighted by Crippen LogP contribution is -2.38. The Morgan fingerprint density at radius 1 is 1.44 bits per heavy atom. The maximum atomic E-state index is 9.28. The zero-order valence-corrected chi connectivity index (χ0v) is 10.8. The number of aryl methyl sites for hydroxylation is 1. The number of aliphatic hydroxyl groups excluding tert-OH is 1. The van der Waals surface area contributed by atoms with Crippen molar-refractivity contribution in [2.45, 2.75) is 26.7 Å². The highest BCUT2D eigenvalue weighted by atomic mass is 16.3. The van der Waals surface area contributed by atoms with Gasteiger partial charge in [-0.3, -0.25) is 0 Å². The molecule has 2 heterocycles. The van der Waals surface area contributed by atoms with Crippen LogP contribution < -0.4 is 4.90 Å². The summed E-state index contributed by atoms with van der Waals surface area (Å²) in [6.45, 7) is 5.58. The number of aromatic nitrogens is 2. The largest absolute Gasteiger partial charge is 0.396 e. The molecular weight excluding hydrogens is 228 g/mol. The molecular formula is C13H18N4O. The van der Waals surface area contributed by atoms with Crippen LogP contribution in [0.25, 0.3) is 0 Å². The van der Waals surface area contributed by atoms with E-state index in [9.17, 15) is 10.4 Å². The average Bonchev–Trinajstić information content (AvgIpc) is 2.41. The number of nitriles is 1. The van der Waals surface area contributed by atoms with Crippen LogP contribution in [0.15, 0.2) is 0 Å². The summed E-state index contributed by atoms with van der Waals surface area (Å²) in [5.74, 6) is 0.937. The van der Waals surface area contributed by atoms with Gasteiger partial charge in [-0.2, -0.15) is 10.4 Å². The minimum atomic E-state index is 0.191. The van der Waals surface area contributed by atoms with E-state index < -0.39 is 0 Å². The van der Waals surface area contributed by atoms with Gasteiger partial charge in [0.2, 0.25) is 0 Å². The maximum absolute atomic E-state index is 9.28. The first-order valence-electron chi connectivity index (χ1n) is 6.27. The maximum Gasteiger partial charge on any atom is 0.169 e. The van der Waals surface area contributed by atoms with Crippen LogP contribution in [0.4, 0.5) is 5.82 Å². The predicted octanol–water partition coefficient (Wildman–Crippen LogP) is 1.17. The standard InChI is InChI=1S/C13H18N4O/c1-9-10(2)15-16-13(12(9)6-14)17-5-3-4-11(7-17)8-18/h11,18H,3-5,7-8H2,1-2H3/t11-/m1/s1. The van der Waals surface area contributed by atoms with Gasteiger partial charge in [0.1, 0.15) is 11.6 Å². The molecule has 1 fully saturated rings. The van der Waals surface area contributed by atoms with Gasteiger partial charge in [-0.1, -0.05) is 0 Å². The van der Waals surface area contributed by atoms with Gasteiger partial charge >= 0.3 is 0 Å². The van der Waals surface area contributed by atoms with Gasteiger partial charge in [0.15, 0.2) is 5.82 Å². The lowest BCUT2D eigenvalue weighted by Gasteiger charge is -2.33. The fraction of sp³-hybridized carbons (Fsp3) is 0.615. The second-order valence-electron chi connectivity index (χ2n) is 4.86. The summed E-state index contributed by atoms with van der Waals surface area (Å²) in [6.07, 6.45) is 2.05. The van der Waals surface area contributed by atoms with Crippen LogP contribution in [0.1, 0.15) is 29.7 Å².